The molecule has 21 heavy (non-hydrogen) atoms. The van der Waals surface area contributed by atoms with Gasteiger partial charge in [-0.1, -0.05) is 41.1 Å². The van der Waals surface area contributed by atoms with E-state index in [0.717, 1.165) is 22.2 Å². The van der Waals surface area contributed by atoms with Crippen molar-refractivity contribution in [2.75, 3.05) is 0 Å². The van der Waals surface area contributed by atoms with E-state index in [1.807, 2.05) is 41.2 Å². The highest BCUT2D eigenvalue weighted by Gasteiger charge is 2.23. The monoisotopic (exact) mass is 350 g/mol. The van der Waals surface area contributed by atoms with Crippen molar-refractivity contribution < 1.29 is 9.90 Å². The third-order valence-corrected chi connectivity index (χ3v) is 4.42. The van der Waals surface area contributed by atoms with Gasteiger partial charge >= 0.3 is 5.97 Å². The van der Waals surface area contributed by atoms with Gasteiger partial charge < -0.3 is 5.11 Å². The fraction of sp³-hybridized carbons (Fsp3) is 0.375. The Labute approximate surface area is 132 Å². The number of benzene rings is 1. The normalized spacial score (nSPS) is 13.9. The van der Waals surface area contributed by atoms with Gasteiger partial charge in [0.05, 0.1) is 11.6 Å². The maximum Gasteiger partial charge on any atom is 0.311 e. The summed E-state index contributed by atoms with van der Waals surface area (Å²) in [5.74, 6) is -1.43. The molecule has 2 unspecified atom stereocenters. The minimum Gasteiger partial charge on any atom is -0.481 e. The molecule has 2 aromatic rings. The summed E-state index contributed by atoms with van der Waals surface area (Å²) in [4.78, 5) is 11.6. The Bertz CT molecular complexity index is 624. The first-order valence-corrected chi connectivity index (χ1v) is 7.83. The molecule has 5 heteroatoms. The van der Waals surface area contributed by atoms with Crippen LogP contribution in [0, 0.1) is 0 Å². The zero-order chi connectivity index (χ0) is 15.4. The number of nitrogens with zero attached hydrogens (tertiary/aromatic N) is 2. The van der Waals surface area contributed by atoms with Crippen LogP contribution in [0.4, 0.5) is 0 Å². The van der Waals surface area contributed by atoms with E-state index in [1.54, 1.807) is 0 Å². The molecule has 1 aromatic heterocycles. The smallest absolute Gasteiger partial charge is 0.311 e. The third-order valence-electron chi connectivity index (χ3n) is 3.70. The Kier molecular flexibility index (Phi) is 5.17. The summed E-state index contributed by atoms with van der Waals surface area (Å²) in [6, 6.07) is 9.67. The summed E-state index contributed by atoms with van der Waals surface area (Å²) >= 11 is 3.43. The third kappa shape index (κ3) is 3.73. The number of hydrogen-bond acceptors (Lipinski definition) is 2. The van der Waals surface area contributed by atoms with Crippen molar-refractivity contribution in [3.8, 4) is 0 Å². The van der Waals surface area contributed by atoms with E-state index in [0.29, 0.717) is 12.5 Å². The van der Waals surface area contributed by atoms with Gasteiger partial charge in [-0.05, 0) is 31.0 Å². The summed E-state index contributed by atoms with van der Waals surface area (Å²) < 4.78 is 2.72. The largest absolute Gasteiger partial charge is 0.481 e. The predicted octanol–water partition coefficient (Wildman–Crippen LogP) is 4.03. The molecule has 2 atom stereocenters. The predicted molar refractivity (Wildman–Crippen MR) is 85.5 cm³/mol. The van der Waals surface area contributed by atoms with Crippen molar-refractivity contribution >= 4 is 21.9 Å². The lowest BCUT2D eigenvalue weighted by Gasteiger charge is -2.13. The average Bonchev–Trinajstić information content (AvgIpc) is 2.93. The number of carbonyl (C=O) groups is 1. The molecule has 0 spiro atoms. The van der Waals surface area contributed by atoms with Crippen LogP contribution >= 0.6 is 15.9 Å². The van der Waals surface area contributed by atoms with Gasteiger partial charge in [-0.2, -0.15) is 5.10 Å². The van der Waals surface area contributed by atoms with E-state index in [4.69, 9.17) is 0 Å². The molecular formula is C16H19BrN2O2. The average molecular weight is 351 g/mol. The Morgan fingerprint density at radius 1 is 1.38 bits per heavy atom. The van der Waals surface area contributed by atoms with Crippen molar-refractivity contribution in [3.05, 3.63) is 52.3 Å². The minimum absolute atomic E-state index is 0.325. The summed E-state index contributed by atoms with van der Waals surface area (Å²) in [7, 11) is 0. The van der Waals surface area contributed by atoms with Crippen molar-refractivity contribution in [2.24, 2.45) is 0 Å². The van der Waals surface area contributed by atoms with E-state index in [-0.39, 0.29) is 0 Å². The molecular weight excluding hydrogens is 332 g/mol. The lowest BCUT2D eigenvalue weighted by molar-refractivity contribution is -0.138. The van der Waals surface area contributed by atoms with Crippen LogP contribution in [0.1, 0.15) is 43.5 Å². The summed E-state index contributed by atoms with van der Waals surface area (Å²) in [6.07, 6.45) is 3.30. The second-order valence-corrected chi connectivity index (χ2v) is 6.02. The summed E-state index contributed by atoms with van der Waals surface area (Å²) in [5.41, 5.74) is 1.58. The Hall–Kier alpha value is -1.62. The number of rotatable bonds is 6. The lowest BCUT2D eigenvalue weighted by Crippen LogP contribution is -2.15. The van der Waals surface area contributed by atoms with Gasteiger partial charge in [0, 0.05) is 23.1 Å². The molecule has 0 saturated heterocycles. The molecule has 1 heterocycles. The zero-order valence-electron chi connectivity index (χ0n) is 12.2. The van der Waals surface area contributed by atoms with E-state index in [1.165, 1.54) is 0 Å². The van der Waals surface area contributed by atoms with E-state index < -0.39 is 11.9 Å². The SMILES string of the molecule is CCC(C)n1ccc(CC(C(=O)O)c2ccccc2Br)n1. The molecule has 1 N–H and O–H groups in total. The van der Waals surface area contributed by atoms with Crippen molar-refractivity contribution in [3.63, 3.8) is 0 Å². The number of carboxylic acid groups (broad SMARTS) is 1. The molecule has 0 aliphatic rings. The Morgan fingerprint density at radius 3 is 2.71 bits per heavy atom. The van der Waals surface area contributed by atoms with Gasteiger partial charge in [0.25, 0.3) is 0 Å². The summed E-state index contributed by atoms with van der Waals surface area (Å²) in [6.45, 7) is 4.20. The van der Waals surface area contributed by atoms with Crippen molar-refractivity contribution in [1.29, 1.82) is 0 Å². The van der Waals surface area contributed by atoms with Crippen LogP contribution in [-0.2, 0) is 11.2 Å². The Morgan fingerprint density at radius 2 is 2.10 bits per heavy atom. The molecule has 0 amide bonds. The number of aliphatic carboxylic acids is 1. The van der Waals surface area contributed by atoms with Crippen molar-refractivity contribution in [1.82, 2.24) is 9.78 Å². The van der Waals surface area contributed by atoms with E-state index in [9.17, 15) is 9.90 Å². The van der Waals surface area contributed by atoms with Crippen LogP contribution in [0.3, 0.4) is 0 Å². The maximum atomic E-state index is 11.6. The van der Waals surface area contributed by atoms with Gasteiger partial charge in [0.1, 0.15) is 0 Å². The van der Waals surface area contributed by atoms with Gasteiger partial charge in [-0.15, -0.1) is 0 Å². The highest BCUT2D eigenvalue weighted by Crippen LogP contribution is 2.28. The second kappa shape index (κ2) is 6.89. The highest BCUT2D eigenvalue weighted by molar-refractivity contribution is 9.10. The van der Waals surface area contributed by atoms with Crippen LogP contribution in [0.2, 0.25) is 0 Å². The molecule has 0 aliphatic carbocycles. The van der Waals surface area contributed by atoms with Gasteiger partial charge in [-0.3, -0.25) is 9.48 Å². The zero-order valence-corrected chi connectivity index (χ0v) is 13.7. The molecule has 0 radical (unpaired) electrons. The van der Waals surface area contributed by atoms with E-state index in [2.05, 4.69) is 34.9 Å². The van der Waals surface area contributed by atoms with E-state index >= 15 is 0 Å². The fourth-order valence-electron chi connectivity index (χ4n) is 2.22. The molecule has 2 rings (SSSR count). The minimum atomic E-state index is -0.833. The highest BCUT2D eigenvalue weighted by atomic mass is 79.9. The first-order valence-electron chi connectivity index (χ1n) is 7.04. The number of aromatic nitrogens is 2. The van der Waals surface area contributed by atoms with Gasteiger partial charge in [0.2, 0.25) is 0 Å². The molecule has 0 bridgehead atoms. The molecule has 0 saturated carbocycles. The molecule has 4 nitrogen and oxygen atoms in total. The van der Waals surface area contributed by atoms with Crippen LogP contribution in [-0.4, -0.2) is 20.9 Å². The van der Waals surface area contributed by atoms with Crippen LogP contribution in [0.5, 0.6) is 0 Å². The van der Waals surface area contributed by atoms with Crippen molar-refractivity contribution in [2.45, 2.75) is 38.6 Å². The topological polar surface area (TPSA) is 55.1 Å². The number of hydrogen-bond donors (Lipinski definition) is 1. The first-order chi connectivity index (χ1) is 10.0. The molecule has 1 aromatic carbocycles. The fourth-order valence-corrected chi connectivity index (χ4v) is 2.78. The van der Waals surface area contributed by atoms with Crippen LogP contribution in [0.15, 0.2) is 41.0 Å². The Balaban J connectivity index is 2.23. The van der Waals surface area contributed by atoms with Gasteiger partial charge in [0.15, 0.2) is 0 Å². The number of halogens is 1. The quantitative estimate of drug-likeness (QED) is 0.855. The first kappa shape index (κ1) is 15.8. The van der Waals surface area contributed by atoms with Crippen LogP contribution < -0.4 is 0 Å². The lowest BCUT2D eigenvalue weighted by atomic mass is 9.94. The van der Waals surface area contributed by atoms with Crippen LogP contribution in [0.25, 0.3) is 0 Å². The molecule has 112 valence electrons. The van der Waals surface area contributed by atoms with Gasteiger partial charge in [-0.25, -0.2) is 0 Å². The summed E-state index contributed by atoms with van der Waals surface area (Å²) in [5, 5.41) is 14.0. The standard InChI is InChI=1S/C16H19BrN2O2/c1-3-11(2)19-9-8-12(18-19)10-14(16(20)21)13-6-4-5-7-15(13)17/h4-9,11,14H,3,10H2,1-2H3,(H,20,21). The maximum absolute atomic E-state index is 11.6. The number of carboxylic acids is 1. The second-order valence-electron chi connectivity index (χ2n) is 5.16. The molecule has 0 fully saturated rings. The molecule has 0 aliphatic heterocycles.